The van der Waals surface area contributed by atoms with E-state index in [1.165, 1.54) is 10.4 Å². The zero-order valence-corrected chi connectivity index (χ0v) is 17.8. The number of carbonyl (C=O) groups is 2. The molecule has 2 heterocycles. The average Bonchev–Trinajstić information content (AvgIpc) is 3.13. The fourth-order valence-electron chi connectivity index (χ4n) is 3.00. The number of carbonyl (C=O) groups excluding carboxylic acids is 2. The third-order valence-corrected chi connectivity index (χ3v) is 8.27. The quantitative estimate of drug-likeness (QED) is 0.646. The van der Waals surface area contributed by atoms with Crippen molar-refractivity contribution in [3.63, 3.8) is 0 Å². The van der Waals surface area contributed by atoms with Crippen molar-refractivity contribution in [2.45, 2.75) is 24.0 Å². The number of amides is 1. The van der Waals surface area contributed by atoms with Crippen LogP contribution in [0.1, 0.15) is 28.8 Å². The van der Waals surface area contributed by atoms with Crippen LogP contribution in [0.4, 0.5) is 0 Å². The number of hydrogen-bond acceptors (Lipinski definition) is 5. The van der Waals surface area contributed by atoms with Gasteiger partial charge in [-0.2, -0.15) is 4.31 Å². The van der Waals surface area contributed by atoms with Gasteiger partial charge in [0.2, 0.25) is 5.91 Å². The lowest BCUT2D eigenvalue weighted by Crippen LogP contribution is -2.50. The summed E-state index contributed by atoms with van der Waals surface area (Å²) in [6.45, 7) is 3.04. The van der Waals surface area contributed by atoms with Gasteiger partial charge in [0.05, 0.1) is 4.34 Å². The van der Waals surface area contributed by atoms with Crippen molar-refractivity contribution >= 4 is 44.7 Å². The summed E-state index contributed by atoms with van der Waals surface area (Å²) in [5.74, 6) is -0.194. The van der Waals surface area contributed by atoms with Gasteiger partial charge in [0, 0.05) is 44.6 Å². The van der Waals surface area contributed by atoms with Crippen molar-refractivity contribution in [3.05, 3.63) is 51.9 Å². The van der Waals surface area contributed by atoms with E-state index in [1.807, 2.05) is 19.1 Å². The third-order valence-electron chi connectivity index (χ3n) is 4.67. The maximum absolute atomic E-state index is 12.6. The molecular weight excluding hydrogens is 420 g/mol. The number of rotatable bonds is 6. The first-order valence-corrected chi connectivity index (χ1v) is 11.5. The molecule has 150 valence electrons. The van der Waals surface area contributed by atoms with Gasteiger partial charge in [-0.15, -0.1) is 11.3 Å². The molecule has 1 aromatic carbocycles. The van der Waals surface area contributed by atoms with Gasteiger partial charge in [0.25, 0.3) is 10.0 Å². The van der Waals surface area contributed by atoms with Crippen molar-refractivity contribution in [1.29, 1.82) is 0 Å². The van der Waals surface area contributed by atoms with Gasteiger partial charge in [-0.05, 0) is 19.1 Å². The molecule has 0 atom stereocenters. The number of Topliss-reactive ketones (excluding diaryl/α,β-unsaturated/α-hetero) is 1. The second-order valence-corrected chi connectivity index (χ2v) is 10.5. The van der Waals surface area contributed by atoms with Gasteiger partial charge in [-0.1, -0.05) is 41.4 Å². The highest BCUT2D eigenvalue weighted by Crippen LogP contribution is 2.28. The molecule has 2 aromatic rings. The highest BCUT2D eigenvalue weighted by molar-refractivity contribution is 7.91. The van der Waals surface area contributed by atoms with Crippen LogP contribution >= 0.6 is 22.9 Å². The van der Waals surface area contributed by atoms with Gasteiger partial charge in [-0.3, -0.25) is 9.59 Å². The molecule has 1 fully saturated rings. The number of benzene rings is 1. The van der Waals surface area contributed by atoms with E-state index in [2.05, 4.69) is 0 Å². The zero-order valence-electron chi connectivity index (χ0n) is 15.4. The third kappa shape index (κ3) is 4.81. The van der Waals surface area contributed by atoms with Crippen molar-refractivity contribution in [2.75, 3.05) is 26.2 Å². The van der Waals surface area contributed by atoms with E-state index in [-0.39, 0.29) is 41.8 Å². The highest BCUT2D eigenvalue weighted by Gasteiger charge is 2.31. The van der Waals surface area contributed by atoms with Crippen LogP contribution in [0.15, 0.2) is 40.6 Å². The molecule has 1 amide bonds. The maximum atomic E-state index is 12.6. The second-order valence-electron chi connectivity index (χ2n) is 6.63. The summed E-state index contributed by atoms with van der Waals surface area (Å²) in [5.41, 5.74) is 1.68. The summed E-state index contributed by atoms with van der Waals surface area (Å²) in [6.07, 6.45) is 0.272. The summed E-state index contributed by atoms with van der Waals surface area (Å²) in [6, 6.07) is 10.3. The van der Waals surface area contributed by atoms with Gasteiger partial charge in [0.1, 0.15) is 4.21 Å². The Hall–Kier alpha value is -1.74. The maximum Gasteiger partial charge on any atom is 0.252 e. The van der Waals surface area contributed by atoms with Crippen LogP contribution in [0.3, 0.4) is 0 Å². The lowest BCUT2D eigenvalue weighted by atomic mass is 10.0. The monoisotopic (exact) mass is 440 g/mol. The first-order valence-electron chi connectivity index (χ1n) is 8.90. The van der Waals surface area contributed by atoms with Gasteiger partial charge in [0.15, 0.2) is 5.78 Å². The summed E-state index contributed by atoms with van der Waals surface area (Å²) in [7, 11) is -3.58. The van der Waals surface area contributed by atoms with E-state index >= 15 is 0 Å². The predicted octanol–water partition coefficient (Wildman–Crippen LogP) is 3.21. The van der Waals surface area contributed by atoms with E-state index in [9.17, 15) is 18.0 Å². The zero-order chi connectivity index (χ0) is 20.3. The molecule has 1 aliphatic rings. The number of thiophene rings is 1. The Labute approximate surface area is 173 Å². The number of nitrogens with zero attached hydrogens (tertiary/aromatic N) is 2. The lowest BCUT2D eigenvalue weighted by Gasteiger charge is -2.33. The minimum absolute atomic E-state index is 0.0656. The van der Waals surface area contributed by atoms with Crippen molar-refractivity contribution in [3.8, 4) is 0 Å². The molecule has 0 bridgehead atoms. The number of hydrogen-bond donors (Lipinski definition) is 0. The SMILES string of the molecule is Cc1ccc(C(=O)CCC(=O)N2CCN(S(=O)(=O)c3ccc(Cl)s3)CC2)cc1. The van der Waals surface area contributed by atoms with E-state index in [0.29, 0.717) is 23.0 Å². The Morgan fingerprint density at radius 1 is 1.00 bits per heavy atom. The molecule has 0 spiro atoms. The van der Waals surface area contributed by atoms with Crippen molar-refractivity contribution < 1.29 is 18.0 Å². The number of halogens is 1. The number of aryl methyl sites for hydroxylation is 1. The number of piperazine rings is 1. The summed E-state index contributed by atoms with van der Waals surface area (Å²) in [5, 5.41) is 0. The largest absolute Gasteiger partial charge is 0.340 e. The molecule has 28 heavy (non-hydrogen) atoms. The summed E-state index contributed by atoms with van der Waals surface area (Å²) >= 11 is 6.86. The average molecular weight is 441 g/mol. The van der Waals surface area contributed by atoms with Crippen LogP contribution in [0.25, 0.3) is 0 Å². The Morgan fingerprint density at radius 3 is 2.21 bits per heavy atom. The fourth-order valence-corrected chi connectivity index (χ4v) is 6.06. The molecule has 1 aromatic heterocycles. The Kier molecular flexibility index (Phi) is 6.54. The van der Waals surface area contributed by atoms with Gasteiger partial charge < -0.3 is 4.90 Å². The van der Waals surface area contributed by atoms with Crippen molar-refractivity contribution in [1.82, 2.24) is 9.21 Å². The Bertz CT molecular complexity index is 962. The first kappa shape index (κ1) is 21.0. The Morgan fingerprint density at radius 2 is 1.64 bits per heavy atom. The first-order chi connectivity index (χ1) is 13.3. The van der Waals surface area contributed by atoms with Gasteiger partial charge in [-0.25, -0.2) is 8.42 Å². The molecule has 0 N–H and O–H groups in total. The lowest BCUT2D eigenvalue weighted by molar-refractivity contribution is -0.132. The van der Waals surface area contributed by atoms with E-state index in [0.717, 1.165) is 16.9 Å². The van der Waals surface area contributed by atoms with E-state index in [1.54, 1.807) is 23.1 Å². The molecular formula is C19H21ClN2O4S2. The molecule has 0 radical (unpaired) electrons. The van der Waals surface area contributed by atoms with Gasteiger partial charge >= 0.3 is 0 Å². The standard InChI is InChI=1S/C19H21ClN2O4S2/c1-14-2-4-15(5-3-14)16(23)6-8-18(24)21-10-12-22(13-11-21)28(25,26)19-9-7-17(20)27-19/h2-5,7,9H,6,8,10-13H2,1H3. The summed E-state index contributed by atoms with van der Waals surface area (Å²) < 4.78 is 27.2. The predicted molar refractivity (Wildman–Crippen MR) is 109 cm³/mol. The highest BCUT2D eigenvalue weighted by atomic mass is 35.5. The van der Waals surface area contributed by atoms with E-state index < -0.39 is 10.0 Å². The molecule has 3 rings (SSSR count). The van der Waals surface area contributed by atoms with Crippen LogP contribution < -0.4 is 0 Å². The number of sulfonamides is 1. The minimum atomic E-state index is -3.58. The molecule has 0 unspecified atom stereocenters. The smallest absolute Gasteiger partial charge is 0.252 e. The number of ketones is 1. The molecule has 0 saturated carbocycles. The molecule has 6 nitrogen and oxygen atoms in total. The molecule has 9 heteroatoms. The molecule has 1 aliphatic heterocycles. The van der Waals surface area contributed by atoms with Crippen LogP contribution in [-0.2, 0) is 14.8 Å². The second kappa shape index (κ2) is 8.73. The minimum Gasteiger partial charge on any atom is -0.340 e. The Balaban J connectivity index is 1.51. The normalized spacial score (nSPS) is 15.6. The topological polar surface area (TPSA) is 74.8 Å². The molecule has 0 aliphatic carbocycles. The van der Waals surface area contributed by atoms with Crippen molar-refractivity contribution in [2.24, 2.45) is 0 Å². The fraction of sp³-hybridized carbons (Fsp3) is 0.368. The van der Waals surface area contributed by atoms with Crippen LogP contribution in [0, 0.1) is 6.92 Å². The summed E-state index contributed by atoms with van der Waals surface area (Å²) in [4.78, 5) is 26.2. The van der Waals surface area contributed by atoms with Crippen LogP contribution in [-0.4, -0.2) is 55.5 Å². The van der Waals surface area contributed by atoms with Crippen LogP contribution in [0.5, 0.6) is 0 Å². The van der Waals surface area contributed by atoms with E-state index in [4.69, 9.17) is 11.6 Å². The molecule has 1 saturated heterocycles. The van der Waals surface area contributed by atoms with Crippen LogP contribution in [0.2, 0.25) is 4.34 Å².